The van der Waals surface area contributed by atoms with Crippen LogP contribution in [0.2, 0.25) is 5.02 Å². The largest absolute Gasteiger partial charge is 0.330 e. The fourth-order valence-electron chi connectivity index (χ4n) is 2.42. The smallest absolute Gasteiger partial charge is 0.145 e. The molecule has 0 bridgehead atoms. The van der Waals surface area contributed by atoms with E-state index in [-0.39, 0.29) is 16.3 Å². The van der Waals surface area contributed by atoms with Gasteiger partial charge in [0.1, 0.15) is 5.82 Å². The lowest BCUT2D eigenvalue weighted by Crippen LogP contribution is -2.42. The van der Waals surface area contributed by atoms with Crippen molar-refractivity contribution in [2.75, 3.05) is 6.54 Å². The van der Waals surface area contributed by atoms with Gasteiger partial charge < -0.3 is 5.73 Å². The molecule has 88 valence electrons. The minimum absolute atomic E-state index is 0.154. The second-order valence-electron chi connectivity index (χ2n) is 4.63. The zero-order valence-corrected chi connectivity index (χ0v) is 10.3. The van der Waals surface area contributed by atoms with Crippen LogP contribution in [0.15, 0.2) is 12.1 Å². The van der Waals surface area contributed by atoms with Crippen molar-refractivity contribution < 1.29 is 4.39 Å². The Morgan fingerprint density at radius 1 is 1.44 bits per heavy atom. The van der Waals surface area contributed by atoms with E-state index < -0.39 is 0 Å². The van der Waals surface area contributed by atoms with Crippen LogP contribution in [0.3, 0.4) is 0 Å². The fraction of sp³-hybridized carbons (Fsp3) is 0.538. The molecule has 2 N–H and O–H groups in total. The first kappa shape index (κ1) is 11.9. The zero-order valence-electron chi connectivity index (χ0n) is 9.52. The van der Waals surface area contributed by atoms with Crippen LogP contribution in [0.4, 0.5) is 4.39 Å². The van der Waals surface area contributed by atoms with E-state index in [1.165, 1.54) is 0 Å². The molecule has 0 heterocycles. The highest BCUT2D eigenvalue weighted by Crippen LogP contribution is 2.45. The van der Waals surface area contributed by atoms with E-state index in [2.05, 4.69) is 0 Å². The van der Waals surface area contributed by atoms with Gasteiger partial charge in [-0.1, -0.05) is 31.0 Å². The average Bonchev–Trinajstić information content (AvgIpc) is 2.23. The van der Waals surface area contributed by atoms with E-state index >= 15 is 0 Å². The van der Waals surface area contributed by atoms with Crippen LogP contribution in [0.5, 0.6) is 0 Å². The van der Waals surface area contributed by atoms with E-state index in [9.17, 15) is 4.39 Å². The van der Waals surface area contributed by atoms with Gasteiger partial charge >= 0.3 is 0 Å². The molecule has 3 heteroatoms. The lowest BCUT2D eigenvalue weighted by atomic mass is 9.64. The van der Waals surface area contributed by atoms with Crippen LogP contribution in [-0.2, 0) is 11.8 Å². The molecule has 0 unspecified atom stereocenters. The van der Waals surface area contributed by atoms with Crippen LogP contribution in [0.1, 0.15) is 37.3 Å². The van der Waals surface area contributed by atoms with Crippen LogP contribution in [-0.4, -0.2) is 6.54 Å². The summed E-state index contributed by atoms with van der Waals surface area (Å²) in [6.45, 7) is 2.55. The monoisotopic (exact) mass is 241 g/mol. The molecule has 2 rings (SSSR count). The van der Waals surface area contributed by atoms with E-state index in [0.717, 1.165) is 36.8 Å². The molecule has 1 aliphatic carbocycles. The maximum atomic E-state index is 14.0. The minimum Gasteiger partial charge on any atom is -0.330 e. The molecular weight excluding hydrogens is 225 g/mol. The number of rotatable bonds is 3. The van der Waals surface area contributed by atoms with Crippen molar-refractivity contribution >= 4 is 11.6 Å². The molecule has 1 aliphatic rings. The van der Waals surface area contributed by atoms with Gasteiger partial charge in [-0.2, -0.15) is 0 Å². The van der Waals surface area contributed by atoms with E-state index in [1.807, 2.05) is 13.0 Å². The number of hydrogen-bond donors (Lipinski definition) is 1. The predicted octanol–water partition coefficient (Wildman–Crippen LogP) is 3.42. The highest BCUT2D eigenvalue weighted by atomic mass is 35.5. The third-order valence-corrected chi connectivity index (χ3v) is 4.04. The first-order valence-corrected chi connectivity index (χ1v) is 6.19. The van der Waals surface area contributed by atoms with Gasteiger partial charge in [-0.15, -0.1) is 0 Å². The van der Waals surface area contributed by atoms with Crippen molar-refractivity contribution in [3.63, 3.8) is 0 Å². The average molecular weight is 242 g/mol. The first-order valence-electron chi connectivity index (χ1n) is 5.81. The summed E-state index contributed by atoms with van der Waals surface area (Å²) in [5, 5.41) is 0.231. The van der Waals surface area contributed by atoms with E-state index in [1.54, 1.807) is 6.07 Å². The molecule has 0 aromatic heterocycles. The Bertz CT molecular complexity index is 394. The van der Waals surface area contributed by atoms with Gasteiger partial charge in [0.15, 0.2) is 0 Å². The summed E-state index contributed by atoms with van der Waals surface area (Å²) in [7, 11) is 0. The molecule has 1 nitrogen and oxygen atoms in total. The lowest BCUT2D eigenvalue weighted by molar-refractivity contribution is 0.244. The van der Waals surface area contributed by atoms with Gasteiger partial charge in [0, 0.05) is 12.0 Å². The molecule has 0 spiro atoms. The van der Waals surface area contributed by atoms with Gasteiger partial charge in [0.05, 0.1) is 5.02 Å². The lowest BCUT2D eigenvalue weighted by Gasteiger charge is -2.42. The number of benzene rings is 1. The predicted molar refractivity (Wildman–Crippen MR) is 65.4 cm³/mol. The molecule has 0 aliphatic heterocycles. The Labute approximate surface area is 101 Å². The van der Waals surface area contributed by atoms with E-state index in [0.29, 0.717) is 6.54 Å². The maximum Gasteiger partial charge on any atom is 0.145 e. The Kier molecular flexibility index (Phi) is 3.22. The van der Waals surface area contributed by atoms with E-state index in [4.69, 9.17) is 17.3 Å². The molecule has 16 heavy (non-hydrogen) atoms. The first-order chi connectivity index (χ1) is 7.63. The van der Waals surface area contributed by atoms with Crippen molar-refractivity contribution in [2.24, 2.45) is 5.73 Å². The second kappa shape index (κ2) is 4.34. The summed E-state index contributed by atoms with van der Waals surface area (Å²) in [4.78, 5) is 0. The minimum atomic E-state index is -0.274. The molecule has 1 fully saturated rings. The number of hydrogen-bond acceptors (Lipinski definition) is 1. The topological polar surface area (TPSA) is 26.0 Å². The quantitative estimate of drug-likeness (QED) is 0.862. The van der Waals surface area contributed by atoms with Crippen molar-refractivity contribution in [3.05, 3.63) is 34.1 Å². The third kappa shape index (κ3) is 1.74. The van der Waals surface area contributed by atoms with Crippen molar-refractivity contribution in [1.29, 1.82) is 0 Å². The Morgan fingerprint density at radius 2 is 2.12 bits per heavy atom. The summed E-state index contributed by atoms with van der Waals surface area (Å²) in [5.41, 5.74) is 7.46. The number of nitrogens with two attached hydrogens (primary N) is 1. The van der Waals surface area contributed by atoms with Gasteiger partial charge in [-0.25, -0.2) is 4.39 Å². The third-order valence-electron chi connectivity index (χ3n) is 3.77. The maximum absolute atomic E-state index is 14.0. The molecule has 0 amide bonds. The standard InChI is InChI=1S/C13H17ClFN/c1-2-9-6-10(12(15)11(14)7-9)13(8-16)4-3-5-13/h6-7H,2-5,8,16H2,1H3. The molecule has 0 atom stereocenters. The molecule has 1 aromatic carbocycles. The van der Waals surface area contributed by atoms with Crippen LogP contribution in [0.25, 0.3) is 0 Å². The summed E-state index contributed by atoms with van der Waals surface area (Å²) in [6, 6.07) is 3.65. The molecular formula is C13H17ClFN. The summed E-state index contributed by atoms with van der Waals surface area (Å²) in [6.07, 6.45) is 3.95. The second-order valence-corrected chi connectivity index (χ2v) is 5.04. The zero-order chi connectivity index (χ0) is 11.8. The SMILES string of the molecule is CCc1cc(Cl)c(F)c(C2(CN)CCC2)c1. The van der Waals surface area contributed by atoms with Crippen LogP contribution < -0.4 is 5.73 Å². The van der Waals surface area contributed by atoms with Crippen molar-refractivity contribution in [1.82, 2.24) is 0 Å². The van der Waals surface area contributed by atoms with Crippen molar-refractivity contribution in [3.8, 4) is 0 Å². The normalized spacial score (nSPS) is 18.2. The van der Waals surface area contributed by atoms with Gasteiger partial charge in [0.25, 0.3) is 0 Å². The number of aryl methyl sites for hydroxylation is 1. The van der Waals surface area contributed by atoms with Crippen molar-refractivity contribution in [2.45, 2.75) is 38.0 Å². The summed E-state index contributed by atoms with van der Waals surface area (Å²) >= 11 is 5.93. The summed E-state index contributed by atoms with van der Waals surface area (Å²) in [5.74, 6) is -0.274. The summed E-state index contributed by atoms with van der Waals surface area (Å²) < 4.78 is 14.0. The fourth-order valence-corrected chi connectivity index (χ4v) is 2.66. The highest BCUT2D eigenvalue weighted by Gasteiger charge is 2.39. The Balaban J connectivity index is 2.50. The van der Waals surface area contributed by atoms with Gasteiger partial charge in [-0.3, -0.25) is 0 Å². The molecule has 0 saturated heterocycles. The van der Waals surface area contributed by atoms with Gasteiger partial charge in [0.2, 0.25) is 0 Å². The number of halogens is 2. The van der Waals surface area contributed by atoms with Crippen LogP contribution in [0, 0.1) is 5.82 Å². The molecule has 0 radical (unpaired) electrons. The Morgan fingerprint density at radius 3 is 2.56 bits per heavy atom. The van der Waals surface area contributed by atoms with Crippen LogP contribution >= 0.6 is 11.6 Å². The Hall–Kier alpha value is -0.600. The molecule has 1 saturated carbocycles. The van der Waals surface area contributed by atoms with Gasteiger partial charge in [-0.05, 0) is 36.5 Å². The highest BCUT2D eigenvalue weighted by molar-refractivity contribution is 6.30. The molecule has 1 aromatic rings.